The summed E-state index contributed by atoms with van der Waals surface area (Å²) in [6, 6.07) is 4.01. The van der Waals surface area contributed by atoms with Crippen LogP contribution in [0.5, 0.6) is 0 Å². The summed E-state index contributed by atoms with van der Waals surface area (Å²) < 4.78 is 14.0. The molecule has 88 valence electrons. The van der Waals surface area contributed by atoms with Gasteiger partial charge in [0.25, 0.3) is 0 Å². The van der Waals surface area contributed by atoms with Crippen molar-refractivity contribution in [2.75, 3.05) is 0 Å². The lowest BCUT2D eigenvalue weighted by Gasteiger charge is -2.10. The molecule has 0 aliphatic heterocycles. The van der Waals surface area contributed by atoms with Crippen LogP contribution >= 0.6 is 12.2 Å². The smallest absolute Gasteiger partial charge is 0.197 e. The molecule has 1 heterocycles. The van der Waals surface area contributed by atoms with Gasteiger partial charge in [-0.15, -0.1) is 0 Å². The SMILES string of the molecule is Cc1cc(C)c(-c2[nH]c(=S)ncc2F)cc1C. The van der Waals surface area contributed by atoms with E-state index in [9.17, 15) is 4.39 Å². The van der Waals surface area contributed by atoms with Crippen LogP contribution in [0.2, 0.25) is 0 Å². The first-order valence-corrected chi connectivity index (χ1v) is 5.73. The van der Waals surface area contributed by atoms with Crippen LogP contribution in [0.4, 0.5) is 4.39 Å². The van der Waals surface area contributed by atoms with Crippen LogP contribution in [0.1, 0.15) is 16.7 Å². The van der Waals surface area contributed by atoms with E-state index in [1.54, 1.807) is 0 Å². The molecule has 0 aliphatic rings. The summed E-state index contributed by atoms with van der Waals surface area (Å²) in [5.74, 6) is -0.384. The molecule has 0 radical (unpaired) electrons. The number of hydrogen-bond donors (Lipinski definition) is 1. The highest BCUT2D eigenvalue weighted by Crippen LogP contribution is 2.26. The van der Waals surface area contributed by atoms with Crippen molar-refractivity contribution in [3.05, 3.63) is 45.6 Å². The largest absolute Gasteiger partial charge is 0.328 e. The Kier molecular flexibility index (Phi) is 3.07. The van der Waals surface area contributed by atoms with E-state index in [0.717, 1.165) is 22.9 Å². The lowest BCUT2D eigenvalue weighted by atomic mass is 9.98. The zero-order valence-corrected chi connectivity index (χ0v) is 10.8. The van der Waals surface area contributed by atoms with Crippen LogP contribution in [-0.2, 0) is 0 Å². The Morgan fingerprint density at radius 3 is 2.47 bits per heavy atom. The van der Waals surface area contributed by atoms with E-state index in [-0.39, 0.29) is 5.82 Å². The summed E-state index contributed by atoms with van der Waals surface area (Å²) in [6.07, 6.45) is 1.16. The highest BCUT2D eigenvalue weighted by molar-refractivity contribution is 7.71. The second-order valence-corrected chi connectivity index (χ2v) is 4.55. The number of nitrogens with one attached hydrogen (secondary N) is 1. The van der Waals surface area contributed by atoms with Gasteiger partial charge in [0.05, 0.1) is 11.9 Å². The van der Waals surface area contributed by atoms with Crippen molar-refractivity contribution < 1.29 is 4.39 Å². The van der Waals surface area contributed by atoms with E-state index in [0.29, 0.717) is 10.5 Å². The number of nitrogens with zero attached hydrogens (tertiary/aromatic N) is 1. The fraction of sp³-hybridized carbons (Fsp3) is 0.231. The first-order chi connectivity index (χ1) is 7.99. The predicted molar refractivity (Wildman–Crippen MR) is 69.0 cm³/mol. The summed E-state index contributed by atoms with van der Waals surface area (Å²) in [5.41, 5.74) is 4.58. The lowest BCUT2D eigenvalue weighted by Crippen LogP contribution is -1.96. The van der Waals surface area contributed by atoms with Crippen LogP contribution in [0, 0.1) is 31.4 Å². The van der Waals surface area contributed by atoms with Crippen LogP contribution in [0.25, 0.3) is 11.3 Å². The maximum Gasteiger partial charge on any atom is 0.197 e. The van der Waals surface area contributed by atoms with E-state index in [4.69, 9.17) is 12.2 Å². The van der Waals surface area contributed by atoms with Gasteiger partial charge in [-0.2, -0.15) is 0 Å². The first-order valence-electron chi connectivity index (χ1n) is 5.32. The highest BCUT2D eigenvalue weighted by Gasteiger charge is 2.10. The van der Waals surface area contributed by atoms with Gasteiger partial charge in [0.15, 0.2) is 10.6 Å². The molecule has 17 heavy (non-hydrogen) atoms. The number of halogens is 1. The minimum absolute atomic E-state index is 0.291. The molecule has 0 amide bonds. The van der Waals surface area contributed by atoms with Crippen molar-refractivity contribution >= 4 is 12.2 Å². The van der Waals surface area contributed by atoms with Gasteiger partial charge in [0.2, 0.25) is 0 Å². The molecule has 0 saturated heterocycles. The number of rotatable bonds is 1. The number of aromatic nitrogens is 2. The summed E-state index contributed by atoms with van der Waals surface area (Å²) in [7, 11) is 0. The van der Waals surface area contributed by atoms with E-state index in [1.807, 2.05) is 32.9 Å². The average Bonchev–Trinajstić information content (AvgIpc) is 2.27. The number of aromatic amines is 1. The van der Waals surface area contributed by atoms with Crippen molar-refractivity contribution in [2.24, 2.45) is 0 Å². The molecule has 1 N–H and O–H groups in total. The number of benzene rings is 1. The molecular weight excluding hydrogens is 235 g/mol. The molecule has 0 spiro atoms. The maximum absolute atomic E-state index is 13.7. The topological polar surface area (TPSA) is 28.7 Å². The molecule has 2 nitrogen and oxygen atoms in total. The predicted octanol–water partition coefficient (Wildman–Crippen LogP) is 3.87. The number of hydrogen-bond acceptors (Lipinski definition) is 2. The van der Waals surface area contributed by atoms with E-state index in [1.165, 1.54) is 5.56 Å². The molecule has 0 bridgehead atoms. The van der Waals surface area contributed by atoms with Crippen molar-refractivity contribution in [1.82, 2.24) is 9.97 Å². The maximum atomic E-state index is 13.7. The average molecular weight is 248 g/mol. The fourth-order valence-corrected chi connectivity index (χ4v) is 1.96. The fourth-order valence-electron chi connectivity index (χ4n) is 1.80. The summed E-state index contributed by atoms with van der Waals surface area (Å²) in [5, 5.41) is 0. The summed E-state index contributed by atoms with van der Waals surface area (Å²) in [4.78, 5) is 6.53. The minimum Gasteiger partial charge on any atom is -0.328 e. The third-order valence-corrected chi connectivity index (χ3v) is 3.08. The van der Waals surface area contributed by atoms with E-state index < -0.39 is 0 Å². The first kappa shape index (κ1) is 11.9. The van der Waals surface area contributed by atoms with Crippen LogP contribution < -0.4 is 0 Å². The van der Waals surface area contributed by atoms with E-state index >= 15 is 0 Å². The molecule has 0 unspecified atom stereocenters. The molecule has 2 aromatic rings. The Balaban J connectivity index is 2.72. The molecule has 0 atom stereocenters. The molecule has 1 aromatic carbocycles. The Hall–Kier alpha value is -1.55. The number of aryl methyl sites for hydroxylation is 3. The molecule has 2 rings (SSSR count). The quantitative estimate of drug-likeness (QED) is 0.776. The molecule has 0 saturated carbocycles. The third kappa shape index (κ3) is 2.26. The van der Waals surface area contributed by atoms with Gasteiger partial charge in [0.1, 0.15) is 0 Å². The van der Waals surface area contributed by atoms with E-state index in [2.05, 4.69) is 9.97 Å². The Morgan fingerprint density at radius 2 is 1.76 bits per heavy atom. The van der Waals surface area contributed by atoms with Crippen molar-refractivity contribution in [1.29, 1.82) is 0 Å². The number of H-pyrrole nitrogens is 1. The zero-order valence-electron chi connectivity index (χ0n) is 9.97. The zero-order chi connectivity index (χ0) is 12.6. The summed E-state index contributed by atoms with van der Waals surface area (Å²) in [6.45, 7) is 6.00. The molecule has 1 aromatic heterocycles. The van der Waals surface area contributed by atoms with Gasteiger partial charge in [-0.3, -0.25) is 0 Å². The highest BCUT2D eigenvalue weighted by atomic mass is 32.1. The molecular formula is C13H13FN2S. The normalized spacial score (nSPS) is 10.6. The van der Waals surface area contributed by atoms with Crippen LogP contribution in [0.15, 0.2) is 18.3 Å². The van der Waals surface area contributed by atoms with Gasteiger partial charge < -0.3 is 4.98 Å². The minimum atomic E-state index is -0.384. The standard InChI is InChI=1S/C13H13FN2S/c1-7-4-9(3)10(5-8(7)2)12-11(14)6-15-13(17)16-12/h4-6H,1-3H3,(H,15,16,17). The van der Waals surface area contributed by atoms with Gasteiger partial charge in [-0.25, -0.2) is 9.37 Å². The second kappa shape index (κ2) is 4.37. The second-order valence-electron chi connectivity index (χ2n) is 4.16. The Morgan fingerprint density at radius 1 is 1.12 bits per heavy atom. The van der Waals surface area contributed by atoms with Gasteiger partial charge in [-0.05, 0) is 55.7 Å². The Labute approximate surface area is 105 Å². The van der Waals surface area contributed by atoms with Gasteiger partial charge in [-0.1, -0.05) is 6.07 Å². The summed E-state index contributed by atoms with van der Waals surface area (Å²) >= 11 is 4.93. The van der Waals surface area contributed by atoms with Crippen molar-refractivity contribution in [3.63, 3.8) is 0 Å². The van der Waals surface area contributed by atoms with Crippen molar-refractivity contribution in [2.45, 2.75) is 20.8 Å². The molecule has 0 fully saturated rings. The van der Waals surface area contributed by atoms with Gasteiger partial charge >= 0.3 is 0 Å². The van der Waals surface area contributed by atoms with Crippen LogP contribution in [0.3, 0.4) is 0 Å². The monoisotopic (exact) mass is 248 g/mol. The molecule has 4 heteroatoms. The lowest BCUT2D eigenvalue weighted by molar-refractivity contribution is 0.617. The van der Waals surface area contributed by atoms with Crippen LogP contribution in [-0.4, -0.2) is 9.97 Å². The molecule has 0 aliphatic carbocycles. The van der Waals surface area contributed by atoms with Crippen molar-refractivity contribution in [3.8, 4) is 11.3 Å². The van der Waals surface area contributed by atoms with Gasteiger partial charge in [0, 0.05) is 5.56 Å². The third-order valence-electron chi connectivity index (χ3n) is 2.88. The Bertz CT molecular complexity index is 632.